The molecule has 0 N–H and O–H groups in total. The van der Waals surface area contributed by atoms with Gasteiger partial charge in [0.1, 0.15) is 11.6 Å². The van der Waals surface area contributed by atoms with Crippen LogP contribution in [0.3, 0.4) is 0 Å². The summed E-state index contributed by atoms with van der Waals surface area (Å²) >= 11 is 0. The van der Waals surface area contributed by atoms with Crippen LogP contribution in [0.25, 0.3) is 0 Å². The first kappa shape index (κ1) is 16.2. The second-order valence-electron chi connectivity index (χ2n) is 6.69. The van der Waals surface area contributed by atoms with Gasteiger partial charge in [-0.25, -0.2) is 4.39 Å². The largest absolute Gasteiger partial charge is 0.466 e. The first-order chi connectivity index (χ1) is 9.62. The minimum Gasteiger partial charge on any atom is -0.403 e. The van der Waals surface area contributed by atoms with Crippen molar-refractivity contribution in [3.63, 3.8) is 0 Å². The van der Waals surface area contributed by atoms with Crippen LogP contribution in [-0.2, 0) is 14.1 Å². The molecule has 114 valence electrons. The SMILES string of the molecule is CC(=O)C[C@@H](B1OC(C)(C)C(C)(C)O1)c1ccc(F)cc1. The molecule has 0 bridgehead atoms. The Labute approximate surface area is 126 Å². The zero-order valence-corrected chi connectivity index (χ0v) is 13.3. The van der Waals surface area contributed by atoms with E-state index < -0.39 is 18.3 Å². The van der Waals surface area contributed by atoms with Crippen LogP contribution in [0.2, 0.25) is 0 Å². The fourth-order valence-corrected chi connectivity index (χ4v) is 2.44. The van der Waals surface area contributed by atoms with Gasteiger partial charge in [0.05, 0.1) is 11.2 Å². The van der Waals surface area contributed by atoms with Crippen molar-refractivity contribution in [2.24, 2.45) is 0 Å². The average molecular weight is 292 g/mol. The van der Waals surface area contributed by atoms with Crippen LogP contribution in [0.15, 0.2) is 24.3 Å². The summed E-state index contributed by atoms with van der Waals surface area (Å²) in [4.78, 5) is 11.6. The minimum atomic E-state index is -0.510. The molecule has 5 heteroatoms. The van der Waals surface area contributed by atoms with Gasteiger partial charge in [-0.1, -0.05) is 12.1 Å². The van der Waals surface area contributed by atoms with E-state index in [0.717, 1.165) is 5.56 Å². The number of Topliss-reactive ketones (excluding diaryl/α,β-unsaturated/α-hetero) is 1. The number of ketones is 1. The van der Waals surface area contributed by atoms with E-state index in [1.54, 1.807) is 19.1 Å². The van der Waals surface area contributed by atoms with E-state index in [4.69, 9.17) is 9.31 Å². The Morgan fingerprint density at radius 1 is 1.14 bits per heavy atom. The number of rotatable bonds is 4. The number of hydrogen-bond acceptors (Lipinski definition) is 3. The maximum absolute atomic E-state index is 13.1. The van der Waals surface area contributed by atoms with Gasteiger partial charge in [-0.2, -0.15) is 0 Å². The quantitative estimate of drug-likeness (QED) is 0.796. The van der Waals surface area contributed by atoms with Crippen LogP contribution in [0.5, 0.6) is 0 Å². The molecule has 1 saturated heterocycles. The monoisotopic (exact) mass is 292 g/mol. The van der Waals surface area contributed by atoms with Crippen LogP contribution in [0.4, 0.5) is 4.39 Å². The van der Waals surface area contributed by atoms with E-state index in [0.29, 0.717) is 6.42 Å². The summed E-state index contributed by atoms with van der Waals surface area (Å²) in [6.45, 7) is 9.44. The van der Waals surface area contributed by atoms with E-state index in [2.05, 4.69) is 0 Å². The highest BCUT2D eigenvalue weighted by Gasteiger charge is 2.54. The van der Waals surface area contributed by atoms with Crippen molar-refractivity contribution in [1.29, 1.82) is 0 Å². The molecule has 1 aliphatic heterocycles. The van der Waals surface area contributed by atoms with Gasteiger partial charge in [0.15, 0.2) is 0 Å². The molecule has 0 radical (unpaired) electrons. The molecule has 1 atom stereocenters. The molecule has 21 heavy (non-hydrogen) atoms. The molecule has 1 aromatic rings. The van der Waals surface area contributed by atoms with Crippen molar-refractivity contribution < 1.29 is 18.5 Å². The van der Waals surface area contributed by atoms with Crippen LogP contribution < -0.4 is 0 Å². The molecule has 2 rings (SSSR count). The maximum Gasteiger partial charge on any atom is 0.466 e. The van der Waals surface area contributed by atoms with Gasteiger partial charge in [0.2, 0.25) is 0 Å². The lowest BCUT2D eigenvalue weighted by Crippen LogP contribution is -2.41. The van der Waals surface area contributed by atoms with Crippen molar-refractivity contribution in [2.45, 2.75) is 58.1 Å². The second-order valence-corrected chi connectivity index (χ2v) is 6.69. The first-order valence-electron chi connectivity index (χ1n) is 7.23. The van der Waals surface area contributed by atoms with Crippen LogP contribution >= 0.6 is 0 Å². The van der Waals surface area contributed by atoms with E-state index in [1.807, 2.05) is 27.7 Å². The Hall–Kier alpha value is -1.20. The van der Waals surface area contributed by atoms with Crippen molar-refractivity contribution in [2.75, 3.05) is 0 Å². The predicted octanol–water partition coefficient (Wildman–Crippen LogP) is 3.52. The van der Waals surface area contributed by atoms with E-state index in [1.165, 1.54) is 12.1 Å². The number of hydrogen-bond donors (Lipinski definition) is 0. The van der Waals surface area contributed by atoms with E-state index in [-0.39, 0.29) is 17.4 Å². The molecule has 0 unspecified atom stereocenters. The Balaban J connectivity index is 2.30. The molecule has 3 nitrogen and oxygen atoms in total. The van der Waals surface area contributed by atoms with Crippen molar-refractivity contribution in [3.05, 3.63) is 35.6 Å². The summed E-state index contributed by atoms with van der Waals surface area (Å²) in [6.07, 6.45) is 0.308. The van der Waals surface area contributed by atoms with Gasteiger partial charge in [-0.15, -0.1) is 0 Å². The maximum atomic E-state index is 13.1. The fourth-order valence-electron chi connectivity index (χ4n) is 2.44. The molecule has 0 spiro atoms. The summed E-state index contributed by atoms with van der Waals surface area (Å²) in [6, 6.07) is 6.17. The minimum absolute atomic E-state index is 0.0547. The molecule has 0 amide bonds. The number of halogens is 1. The molecule has 1 fully saturated rings. The lowest BCUT2D eigenvalue weighted by atomic mass is 9.65. The summed E-state index contributed by atoms with van der Waals surface area (Å²) in [5.74, 6) is -0.475. The number of carbonyl (C=O) groups excluding carboxylic acids is 1. The van der Waals surface area contributed by atoms with E-state index >= 15 is 0 Å². The van der Waals surface area contributed by atoms with Crippen molar-refractivity contribution in [1.82, 2.24) is 0 Å². The predicted molar refractivity (Wildman–Crippen MR) is 80.5 cm³/mol. The van der Waals surface area contributed by atoms with Gasteiger partial charge in [-0.05, 0) is 52.3 Å². The molecule has 0 saturated carbocycles. The standard InChI is InChI=1S/C16H22BFO3/c1-11(19)10-14(12-6-8-13(18)9-7-12)17-20-15(2,3)16(4,5)21-17/h6-9,14H,10H2,1-5H3/t14-/m1/s1. The zero-order chi connectivity index (χ0) is 15.8. The Kier molecular flexibility index (Phi) is 4.27. The smallest absolute Gasteiger partial charge is 0.403 e. The van der Waals surface area contributed by atoms with Crippen molar-refractivity contribution >= 4 is 12.9 Å². The Morgan fingerprint density at radius 2 is 1.62 bits per heavy atom. The average Bonchev–Trinajstić information content (AvgIpc) is 2.56. The highest BCUT2D eigenvalue weighted by Crippen LogP contribution is 2.41. The third kappa shape index (κ3) is 3.35. The molecular formula is C16H22BFO3. The topological polar surface area (TPSA) is 35.5 Å². The molecular weight excluding hydrogens is 270 g/mol. The van der Waals surface area contributed by atoms with Gasteiger partial charge >= 0.3 is 7.12 Å². The zero-order valence-electron chi connectivity index (χ0n) is 13.3. The van der Waals surface area contributed by atoms with Gasteiger partial charge in [0.25, 0.3) is 0 Å². The molecule has 0 aromatic heterocycles. The van der Waals surface area contributed by atoms with Crippen LogP contribution in [0, 0.1) is 5.82 Å². The number of carbonyl (C=O) groups is 1. The third-order valence-electron chi connectivity index (χ3n) is 4.41. The highest BCUT2D eigenvalue weighted by molar-refractivity contribution is 6.48. The van der Waals surface area contributed by atoms with Crippen LogP contribution in [-0.4, -0.2) is 24.1 Å². The highest BCUT2D eigenvalue weighted by atomic mass is 19.1. The summed E-state index contributed by atoms with van der Waals surface area (Å²) in [7, 11) is -0.510. The van der Waals surface area contributed by atoms with Crippen LogP contribution in [0.1, 0.15) is 52.4 Å². The van der Waals surface area contributed by atoms with Gasteiger partial charge in [0, 0.05) is 12.2 Å². The molecule has 1 heterocycles. The summed E-state index contributed by atoms with van der Waals surface area (Å²) in [5, 5.41) is 0. The lowest BCUT2D eigenvalue weighted by molar-refractivity contribution is -0.117. The Morgan fingerprint density at radius 3 is 2.05 bits per heavy atom. The van der Waals surface area contributed by atoms with Gasteiger partial charge < -0.3 is 14.1 Å². The Bertz CT molecular complexity index is 509. The fraction of sp³-hybridized carbons (Fsp3) is 0.562. The summed E-state index contributed by atoms with van der Waals surface area (Å²) in [5.41, 5.74) is -0.0514. The third-order valence-corrected chi connectivity index (χ3v) is 4.41. The lowest BCUT2D eigenvalue weighted by Gasteiger charge is -2.32. The first-order valence-corrected chi connectivity index (χ1v) is 7.23. The molecule has 1 aliphatic rings. The number of benzene rings is 1. The van der Waals surface area contributed by atoms with Gasteiger partial charge in [-0.3, -0.25) is 0 Å². The van der Waals surface area contributed by atoms with Crippen molar-refractivity contribution in [3.8, 4) is 0 Å². The summed E-state index contributed by atoms with van der Waals surface area (Å²) < 4.78 is 25.2. The van der Waals surface area contributed by atoms with E-state index in [9.17, 15) is 9.18 Å². The second kappa shape index (κ2) is 5.54. The molecule has 0 aliphatic carbocycles. The normalized spacial score (nSPS) is 21.3. The molecule has 1 aromatic carbocycles.